The number of nitrogens with one attached hydrogen (secondary N) is 2. The Kier molecular flexibility index (Phi) is 6.84. The average Bonchev–Trinajstić information content (AvgIpc) is 3.08. The van der Waals surface area contributed by atoms with Crippen molar-refractivity contribution >= 4 is 11.7 Å². The lowest BCUT2D eigenvalue weighted by atomic mass is 10.1. The Morgan fingerprint density at radius 1 is 1.29 bits per heavy atom. The Labute approximate surface area is 141 Å². The van der Waals surface area contributed by atoms with Crippen LogP contribution in [0.2, 0.25) is 0 Å². The third-order valence-electron chi connectivity index (χ3n) is 3.51. The van der Waals surface area contributed by atoms with Gasteiger partial charge in [0.1, 0.15) is 11.9 Å². The number of hydrogen-bond donors (Lipinski definition) is 3. The van der Waals surface area contributed by atoms with E-state index in [9.17, 15) is 9.90 Å². The molecule has 130 valence electrons. The van der Waals surface area contributed by atoms with E-state index < -0.39 is 6.10 Å². The average molecular weight is 332 g/mol. The van der Waals surface area contributed by atoms with Crippen LogP contribution in [0.25, 0.3) is 0 Å². The molecule has 6 nitrogen and oxygen atoms in total. The fraction of sp³-hybridized carbons (Fsp3) is 0.389. The number of aliphatic hydroxyl groups is 1. The summed E-state index contributed by atoms with van der Waals surface area (Å²) < 4.78 is 10.5. The fourth-order valence-corrected chi connectivity index (χ4v) is 2.29. The van der Waals surface area contributed by atoms with Gasteiger partial charge in [0.05, 0.1) is 12.9 Å². The number of rotatable bonds is 8. The number of carbonyl (C=O) groups is 1. The molecular formula is C18H24N2O4. The van der Waals surface area contributed by atoms with E-state index in [1.165, 1.54) is 6.26 Å². The van der Waals surface area contributed by atoms with Crippen LogP contribution in [0.3, 0.4) is 0 Å². The highest BCUT2D eigenvalue weighted by Gasteiger charge is 2.16. The number of benzene rings is 1. The highest BCUT2D eigenvalue weighted by atomic mass is 16.5. The molecule has 2 aromatic rings. The molecule has 0 aliphatic heterocycles. The molecule has 0 aliphatic rings. The molecule has 0 fully saturated rings. The summed E-state index contributed by atoms with van der Waals surface area (Å²) in [6.45, 7) is 5.01. The van der Waals surface area contributed by atoms with Crippen molar-refractivity contribution in [2.75, 3.05) is 11.9 Å². The van der Waals surface area contributed by atoms with Gasteiger partial charge in [-0.15, -0.1) is 0 Å². The van der Waals surface area contributed by atoms with E-state index in [2.05, 4.69) is 10.6 Å². The Hall–Kier alpha value is -2.31. The predicted octanol–water partition coefficient (Wildman–Crippen LogP) is 3.45. The first kappa shape index (κ1) is 18.0. The lowest BCUT2D eigenvalue weighted by Crippen LogP contribution is -2.37. The molecule has 0 saturated carbocycles. The molecule has 0 spiro atoms. The van der Waals surface area contributed by atoms with Gasteiger partial charge >= 0.3 is 6.03 Å². The van der Waals surface area contributed by atoms with Crippen molar-refractivity contribution in [1.82, 2.24) is 5.32 Å². The number of aliphatic hydroxyl groups excluding tert-OH is 1. The molecule has 6 heteroatoms. The van der Waals surface area contributed by atoms with Crippen LogP contribution in [0, 0.1) is 0 Å². The second-order valence-electron chi connectivity index (χ2n) is 5.60. The van der Waals surface area contributed by atoms with Gasteiger partial charge in [0.25, 0.3) is 0 Å². The molecule has 0 bridgehead atoms. The zero-order valence-corrected chi connectivity index (χ0v) is 14.0. The summed E-state index contributed by atoms with van der Waals surface area (Å²) in [5.74, 6) is 0.494. The number of amides is 2. The van der Waals surface area contributed by atoms with E-state index in [-0.39, 0.29) is 12.1 Å². The Balaban J connectivity index is 1.77. The zero-order valence-electron chi connectivity index (χ0n) is 14.0. The lowest BCUT2D eigenvalue weighted by Gasteiger charge is -2.17. The molecule has 1 aromatic heterocycles. The first-order valence-electron chi connectivity index (χ1n) is 8.04. The van der Waals surface area contributed by atoms with E-state index >= 15 is 0 Å². The van der Waals surface area contributed by atoms with E-state index in [0.29, 0.717) is 31.1 Å². The second kappa shape index (κ2) is 9.10. The summed E-state index contributed by atoms with van der Waals surface area (Å²) in [6.07, 6.45) is 1.14. The van der Waals surface area contributed by atoms with Gasteiger partial charge in [0.2, 0.25) is 0 Å². The van der Waals surface area contributed by atoms with Gasteiger partial charge < -0.3 is 24.9 Å². The smallest absolute Gasteiger partial charge is 0.319 e. The van der Waals surface area contributed by atoms with Crippen molar-refractivity contribution in [3.63, 3.8) is 0 Å². The van der Waals surface area contributed by atoms with Crippen molar-refractivity contribution in [3.05, 3.63) is 54.0 Å². The maximum atomic E-state index is 12.0. The highest BCUT2D eigenvalue weighted by molar-refractivity contribution is 5.89. The van der Waals surface area contributed by atoms with Gasteiger partial charge in [-0.1, -0.05) is 12.1 Å². The van der Waals surface area contributed by atoms with Gasteiger partial charge in [-0.3, -0.25) is 0 Å². The summed E-state index contributed by atoms with van der Waals surface area (Å²) in [5.41, 5.74) is 1.75. The van der Waals surface area contributed by atoms with E-state index in [4.69, 9.17) is 9.15 Å². The van der Waals surface area contributed by atoms with Crippen molar-refractivity contribution in [1.29, 1.82) is 0 Å². The van der Waals surface area contributed by atoms with Crippen LogP contribution < -0.4 is 10.6 Å². The van der Waals surface area contributed by atoms with Gasteiger partial charge in [0.15, 0.2) is 0 Å². The topological polar surface area (TPSA) is 83.7 Å². The molecule has 1 aromatic carbocycles. The number of carbonyl (C=O) groups excluding carboxylic acids is 1. The molecule has 2 rings (SSSR count). The molecule has 0 radical (unpaired) electrons. The van der Waals surface area contributed by atoms with Gasteiger partial charge in [-0.05, 0) is 43.7 Å². The summed E-state index contributed by atoms with van der Waals surface area (Å²) in [5, 5.41) is 15.6. The minimum absolute atomic E-state index is 0.206. The predicted molar refractivity (Wildman–Crippen MR) is 91.7 cm³/mol. The number of hydrogen-bond acceptors (Lipinski definition) is 4. The SMILES string of the molecule is CCOCc1ccc(NC(=O)N[C@@H](C)C[C@@H](O)c2ccco2)cc1. The van der Waals surface area contributed by atoms with Crippen molar-refractivity contribution < 1.29 is 19.1 Å². The van der Waals surface area contributed by atoms with E-state index in [0.717, 1.165) is 5.56 Å². The van der Waals surface area contributed by atoms with Crippen LogP contribution in [0.4, 0.5) is 10.5 Å². The molecule has 0 saturated heterocycles. The van der Waals surface area contributed by atoms with E-state index in [1.807, 2.05) is 38.1 Å². The van der Waals surface area contributed by atoms with Crippen LogP contribution in [0.15, 0.2) is 47.1 Å². The van der Waals surface area contributed by atoms with Crippen molar-refractivity contribution in [3.8, 4) is 0 Å². The third-order valence-corrected chi connectivity index (χ3v) is 3.51. The van der Waals surface area contributed by atoms with Crippen molar-refractivity contribution in [2.24, 2.45) is 0 Å². The Bertz CT molecular complexity index is 610. The maximum absolute atomic E-state index is 12.0. The first-order chi connectivity index (χ1) is 11.6. The highest BCUT2D eigenvalue weighted by Crippen LogP contribution is 2.18. The second-order valence-corrected chi connectivity index (χ2v) is 5.60. The van der Waals surface area contributed by atoms with Crippen LogP contribution in [-0.2, 0) is 11.3 Å². The summed E-state index contributed by atoms with van der Waals surface area (Å²) >= 11 is 0. The van der Waals surface area contributed by atoms with Gasteiger partial charge in [0, 0.05) is 24.8 Å². The van der Waals surface area contributed by atoms with Crippen LogP contribution in [-0.4, -0.2) is 23.8 Å². The summed E-state index contributed by atoms with van der Waals surface area (Å²) in [6, 6.07) is 10.4. The molecule has 1 heterocycles. The monoisotopic (exact) mass is 332 g/mol. The number of ether oxygens (including phenoxy) is 1. The molecular weight excluding hydrogens is 308 g/mol. The summed E-state index contributed by atoms with van der Waals surface area (Å²) in [4.78, 5) is 12.0. The Morgan fingerprint density at radius 3 is 2.67 bits per heavy atom. The molecule has 3 N–H and O–H groups in total. The molecule has 0 unspecified atom stereocenters. The summed E-state index contributed by atoms with van der Waals surface area (Å²) in [7, 11) is 0. The van der Waals surface area contributed by atoms with Crippen LogP contribution in [0.5, 0.6) is 0 Å². The minimum atomic E-state index is -0.742. The first-order valence-corrected chi connectivity index (χ1v) is 8.04. The molecule has 0 aliphatic carbocycles. The van der Waals surface area contributed by atoms with Crippen LogP contribution >= 0.6 is 0 Å². The van der Waals surface area contributed by atoms with E-state index in [1.54, 1.807) is 12.1 Å². The number of urea groups is 1. The third kappa shape index (κ3) is 5.72. The lowest BCUT2D eigenvalue weighted by molar-refractivity contribution is 0.130. The maximum Gasteiger partial charge on any atom is 0.319 e. The zero-order chi connectivity index (χ0) is 17.4. The Morgan fingerprint density at radius 2 is 2.04 bits per heavy atom. The number of anilines is 1. The largest absolute Gasteiger partial charge is 0.467 e. The molecule has 2 amide bonds. The minimum Gasteiger partial charge on any atom is -0.467 e. The fourth-order valence-electron chi connectivity index (χ4n) is 2.29. The van der Waals surface area contributed by atoms with Gasteiger partial charge in [-0.2, -0.15) is 0 Å². The van der Waals surface area contributed by atoms with Gasteiger partial charge in [-0.25, -0.2) is 4.79 Å². The standard InChI is InChI=1S/C18H24N2O4/c1-3-23-12-14-6-8-15(9-7-14)20-18(22)19-13(2)11-16(21)17-5-4-10-24-17/h4-10,13,16,21H,3,11-12H2,1-2H3,(H2,19,20,22)/t13-,16+/m0/s1. The van der Waals surface area contributed by atoms with Crippen LogP contribution in [0.1, 0.15) is 37.7 Å². The normalized spacial score (nSPS) is 13.3. The number of furan rings is 1. The van der Waals surface area contributed by atoms with Crippen molar-refractivity contribution in [2.45, 2.75) is 39.0 Å². The molecule has 2 atom stereocenters. The molecule has 24 heavy (non-hydrogen) atoms. The quantitative estimate of drug-likeness (QED) is 0.691.